The van der Waals surface area contributed by atoms with Gasteiger partial charge >= 0.3 is 0 Å². The largest absolute Gasteiger partial charge is 0.373 e. The second-order valence-electron chi connectivity index (χ2n) is 17.5. The molecule has 0 radical (unpaired) electrons. The maximum atomic E-state index is 9.44. The molecule has 0 spiro atoms. The predicted octanol–water partition coefficient (Wildman–Crippen LogP) is 11.1. The van der Waals surface area contributed by atoms with Crippen LogP contribution in [0.5, 0.6) is 0 Å². The fourth-order valence-electron chi connectivity index (χ4n) is 10.6. The van der Waals surface area contributed by atoms with Crippen molar-refractivity contribution in [2.24, 2.45) is 29.6 Å². The van der Waals surface area contributed by atoms with Crippen LogP contribution >= 0.6 is 0 Å². The van der Waals surface area contributed by atoms with Crippen molar-refractivity contribution in [2.75, 3.05) is 26.6 Å². The summed E-state index contributed by atoms with van der Waals surface area (Å²) in [5, 5.41) is 18.4. The topological polar surface area (TPSA) is 95.5 Å². The van der Waals surface area contributed by atoms with Gasteiger partial charge < -0.3 is 18.9 Å². The van der Waals surface area contributed by atoms with Crippen molar-refractivity contribution in [3.05, 3.63) is 75.6 Å². The number of hydrogen-bond acceptors (Lipinski definition) is 6. The minimum atomic E-state index is 0.323. The van der Waals surface area contributed by atoms with E-state index in [0.717, 1.165) is 59.5 Å². The summed E-state index contributed by atoms with van der Waals surface area (Å²) in [5.41, 5.74) is 5.43. The smallest absolute Gasteiger partial charge is 0.208 e. The Balaban J connectivity index is 0.000000167. The molecule has 2 aliphatic heterocycles. The van der Waals surface area contributed by atoms with Gasteiger partial charge in [-0.3, -0.25) is 0 Å². The summed E-state index contributed by atoms with van der Waals surface area (Å²) in [5.74, 6) is 5.61. The lowest BCUT2D eigenvalue weighted by molar-refractivity contribution is -0.106. The summed E-state index contributed by atoms with van der Waals surface area (Å²) >= 11 is 0. The Morgan fingerprint density at radius 3 is 1.78 bits per heavy atom. The minimum Gasteiger partial charge on any atom is -0.373 e. The lowest BCUT2D eigenvalue weighted by atomic mass is 9.67. The SMILES string of the molecule is N#Cc1ccc(C2CCC(C3CCC(OCOCC4CO4)CC3)CC2)cc1.[C-]#[N+]c1c(C2CCC(C3CCC(CC4CO4)CC3)CC2)ccc(C)c1C#N. The fourth-order valence-corrected chi connectivity index (χ4v) is 10.6. The van der Waals surface area contributed by atoms with Crippen molar-refractivity contribution in [1.82, 2.24) is 0 Å². The molecule has 2 unspecified atom stereocenters. The molecule has 2 aromatic carbocycles. The molecule has 7 nitrogen and oxygen atoms in total. The molecule has 2 aromatic rings. The zero-order valence-corrected chi connectivity index (χ0v) is 32.6. The number of aryl methyl sites for hydroxylation is 1. The Hall–Kier alpha value is -3.25. The van der Waals surface area contributed by atoms with Crippen molar-refractivity contribution in [3.63, 3.8) is 0 Å². The first-order chi connectivity index (χ1) is 26.5. The van der Waals surface area contributed by atoms with E-state index < -0.39 is 0 Å². The molecule has 288 valence electrons. The third-order valence-corrected chi connectivity index (χ3v) is 14.2. The van der Waals surface area contributed by atoms with Gasteiger partial charge in [-0.05, 0) is 173 Å². The fraction of sp³-hybridized carbons (Fsp3) is 0.681. The Bertz CT molecular complexity index is 1610. The number of nitrogens with zero attached hydrogens (tertiary/aromatic N) is 3. The molecule has 8 rings (SSSR count). The lowest BCUT2D eigenvalue weighted by Gasteiger charge is -2.38. The Morgan fingerprint density at radius 1 is 0.685 bits per heavy atom. The highest BCUT2D eigenvalue weighted by Gasteiger charge is 2.35. The first-order valence-electron chi connectivity index (χ1n) is 21.3. The summed E-state index contributed by atoms with van der Waals surface area (Å²) in [6, 6.07) is 16.8. The molecule has 2 heterocycles. The average molecular weight is 732 g/mol. The number of rotatable bonds is 11. The molecular formula is C47H61N3O4. The molecule has 6 aliphatic rings. The van der Waals surface area contributed by atoms with Gasteiger partial charge in [-0.1, -0.05) is 37.1 Å². The molecular weight excluding hydrogens is 671 g/mol. The molecule has 0 bridgehead atoms. The normalized spacial score (nSPS) is 33.2. The van der Waals surface area contributed by atoms with E-state index in [1.807, 2.05) is 25.1 Å². The zero-order valence-electron chi connectivity index (χ0n) is 32.6. The van der Waals surface area contributed by atoms with Gasteiger partial charge in [0.15, 0.2) is 0 Å². The Labute approximate surface area is 324 Å². The highest BCUT2D eigenvalue weighted by atomic mass is 16.7. The van der Waals surface area contributed by atoms with E-state index in [1.165, 1.54) is 115 Å². The van der Waals surface area contributed by atoms with Crippen molar-refractivity contribution in [3.8, 4) is 12.1 Å². The van der Waals surface area contributed by atoms with Crippen LogP contribution in [0.25, 0.3) is 4.85 Å². The van der Waals surface area contributed by atoms with Crippen LogP contribution in [0.2, 0.25) is 0 Å². The number of epoxide rings is 2. The van der Waals surface area contributed by atoms with Gasteiger partial charge in [0.05, 0.1) is 61.9 Å². The highest BCUT2D eigenvalue weighted by Crippen LogP contribution is 2.47. The van der Waals surface area contributed by atoms with Crippen molar-refractivity contribution >= 4 is 5.69 Å². The van der Waals surface area contributed by atoms with Crippen LogP contribution < -0.4 is 0 Å². The quantitative estimate of drug-likeness (QED) is 0.0988. The van der Waals surface area contributed by atoms with Gasteiger partial charge in [0.25, 0.3) is 0 Å². The van der Waals surface area contributed by atoms with Gasteiger partial charge in [-0.2, -0.15) is 10.5 Å². The third-order valence-electron chi connectivity index (χ3n) is 14.2. The zero-order chi connectivity index (χ0) is 37.3. The second-order valence-corrected chi connectivity index (χ2v) is 17.5. The molecule has 0 aromatic heterocycles. The number of hydrogen-bond donors (Lipinski definition) is 0. The van der Waals surface area contributed by atoms with E-state index in [-0.39, 0.29) is 0 Å². The van der Waals surface area contributed by atoms with E-state index in [0.29, 0.717) is 54.8 Å². The van der Waals surface area contributed by atoms with E-state index in [1.54, 1.807) is 0 Å². The lowest BCUT2D eigenvalue weighted by Crippen LogP contribution is -2.28. The minimum absolute atomic E-state index is 0.323. The highest BCUT2D eigenvalue weighted by molar-refractivity contribution is 5.67. The maximum Gasteiger partial charge on any atom is 0.208 e. The van der Waals surface area contributed by atoms with Crippen LogP contribution in [0.15, 0.2) is 36.4 Å². The first kappa shape index (κ1) is 39.0. The molecule has 4 saturated carbocycles. The molecule has 54 heavy (non-hydrogen) atoms. The maximum absolute atomic E-state index is 9.44. The standard InChI is InChI=1S/C24H30N2O.C23H31NO3/c1-16-3-12-22(24(26-2)23(16)14-25)20-10-8-19(9-11-20)18-6-4-17(5-7-18)13-21-15-27-21;24-13-17-1-3-18(4-2-17)19-5-7-20(8-6-19)21-9-11-22(12-10-21)27-16-25-14-23-15-26-23/h3,12,17-21H,4-11,13,15H2,1H3;1-4,19-23H,5-12,14-16H2. The molecule has 2 saturated heterocycles. The molecule has 0 amide bonds. The summed E-state index contributed by atoms with van der Waals surface area (Å²) in [7, 11) is 0. The number of benzene rings is 2. The third kappa shape index (κ3) is 10.5. The van der Waals surface area contributed by atoms with Crippen LogP contribution in [-0.2, 0) is 18.9 Å². The van der Waals surface area contributed by atoms with Gasteiger partial charge in [0.1, 0.15) is 12.9 Å². The van der Waals surface area contributed by atoms with E-state index in [9.17, 15) is 5.26 Å². The van der Waals surface area contributed by atoms with E-state index >= 15 is 0 Å². The summed E-state index contributed by atoms with van der Waals surface area (Å²) < 4.78 is 21.9. The van der Waals surface area contributed by atoms with Crippen LogP contribution in [0, 0.1) is 65.7 Å². The molecule has 2 atom stereocenters. The van der Waals surface area contributed by atoms with Crippen molar-refractivity contribution in [2.45, 2.75) is 146 Å². The number of nitriles is 2. The first-order valence-corrected chi connectivity index (χ1v) is 21.3. The van der Waals surface area contributed by atoms with Crippen LogP contribution in [0.1, 0.15) is 149 Å². The molecule has 0 N–H and O–H groups in total. The van der Waals surface area contributed by atoms with Gasteiger partial charge in [0, 0.05) is 0 Å². The van der Waals surface area contributed by atoms with Crippen LogP contribution in [0.4, 0.5) is 5.69 Å². The monoisotopic (exact) mass is 731 g/mol. The Morgan fingerprint density at radius 2 is 1.24 bits per heavy atom. The van der Waals surface area contributed by atoms with Gasteiger partial charge in [-0.15, -0.1) is 0 Å². The summed E-state index contributed by atoms with van der Waals surface area (Å²) in [6.07, 6.45) is 23.4. The molecule has 6 fully saturated rings. The number of ether oxygens (including phenoxy) is 4. The summed E-state index contributed by atoms with van der Waals surface area (Å²) in [4.78, 5) is 3.74. The molecule has 7 heteroatoms. The van der Waals surface area contributed by atoms with Crippen LogP contribution in [-0.4, -0.2) is 44.9 Å². The van der Waals surface area contributed by atoms with Crippen LogP contribution in [0.3, 0.4) is 0 Å². The average Bonchev–Trinajstić information content (AvgIpc) is 4.18. The van der Waals surface area contributed by atoms with Crippen molar-refractivity contribution < 1.29 is 18.9 Å². The van der Waals surface area contributed by atoms with Crippen molar-refractivity contribution in [1.29, 1.82) is 10.5 Å². The van der Waals surface area contributed by atoms with E-state index in [2.05, 4.69) is 35.2 Å². The predicted molar refractivity (Wildman–Crippen MR) is 210 cm³/mol. The van der Waals surface area contributed by atoms with Gasteiger partial charge in [0.2, 0.25) is 5.69 Å². The van der Waals surface area contributed by atoms with Gasteiger partial charge in [-0.25, -0.2) is 4.85 Å². The van der Waals surface area contributed by atoms with E-state index in [4.69, 9.17) is 30.8 Å². The molecule has 4 aliphatic carbocycles. The summed E-state index contributed by atoms with van der Waals surface area (Å²) in [6.45, 7) is 12.5. The second kappa shape index (κ2) is 19.1. The Kier molecular flexibility index (Phi) is 13.8.